The van der Waals surface area contributed by atoms with Crippen molar-refractivity contribution in [3.8, 4) is 0 Å². The van der Waals surface area contributed by atoms with E-state index in [1.807, 2.05) is 17.0 Å². The third-order valence-electron chi connectivity index (χ3n) is 7.80. The summed E-state index contributed by atoms with van der Waals surface area (Å²) in [6.07, 6.45) is 11.6. The number of piperidine rings is 1. The van der Waals surface area contributed by atoms with Gasteiger partial charge in [-0.25, -0.2) is 0 Å². The first-order valence-electron chi connectivity index (χ1n) is 13.8. The molecule has 2 aliphatic rings. The van der Waals surface area contributed by atoms with Gasteiger partial charge in [0.1, 0.15) is 11.6 Å². The number of carbonyl (C=O) groups is 2. The fourth-order valence-corrected chi connectivity index (χ4v) is 5.72. The first-order chi connectivity index (χ1) is 17.5. The number of aryl methyl sites for hydroxylation is 1. The second-order valence-electron chi connectivity index (χ2n) is 11.0. The zero-order chi connectivity index (χ0) is 25.4. The summed E-state index contributed by atoms with van der Waals surface area (Å²) in [6, 6.07) is 14.2. The highest BCUT2D eigenvalue weighted by Gasteiger charge is 2.53. The molecule has 1 N–H and O–H groups in total. The van der Waals surface area contributed by atoms with Crippen LogP contribution < -0.4 is 5.32 Å². The Hall–Kier alpha value is -2.73. The molecule has 36 heavy (non-hydrogen) atoms. The molecule has 0 bridgehead atoms. The number of aromatic nitrogens is 1. The molecule has 0 aliphatic carbocycles. The van der Waals surface area contributed by atoms with E-state index in [-0.39, 0.29) is 11.8 Å². The molecule has 2 amide bonds. The van der Waals surface area contributed by atoms with Gasteiger partial charge in [0.2, 0.25) is 11.8 Å². The Kier molecular flexibility index (Phi) is 9.13. The summed E-state index contributed by atoms with van der Waals surface area (Å²) < 4.78 is 0. The number of unbranched alkanes of at least 4 members (excludes halogenated alkanes) is 3. The normalized spacial score (nSPS) is 20.2. The highest BCUT2D eigenvalue weighted by molar-refractivity contribution is 6.00. The maximum atomic E-state index is 13.6. The molecule has 1 spiro atoms. The highest BCUT2D eigenvalue weighted by atomic mass is 16.2. The number of rotatable bonds is 11. The van der Waals surface area contributed by atoms with Gasteiger partial charge in [0.05, 0.1) is 0 Å². The van der Waals surface area contributed by atoms with Gasteiger partial charge in [-0.3, -0.25) is 14.6 Å². The molecule has 6 nitrogen and oxygen atoms in total. The average molecular weight is 491 g/mol. The molecule has 3 heterocycles. The highest BCUT2D eigenvalue weighted by Crippen LogP contribution is 2.35. The molecule has 194 valence electrons. The minimum Gasteiger partial charge on any atom is -0.342 e. The van der Waals surface area contributed by atoms with E-state index >= 15 is 0 Å². The van der Waals surface area contributed by atoms with Crippen LogP contribution in [-0.2, 0) is 22.6 Å². The number of pyridine rings is 1. The van der Waals surface area contributed by atoms with E-state index in [1.165, 1.54) is 31.2 Å². The molecular weight excluding hydrogens is 448 g/mol. The van der Waals surface area contributed by atoms with Crippen LogP contribution in [0.1, 0.15) is 69.9 Å². The molecule has 1 atom stereocenters. The predicted octanol–water partition coefficient (Wildman–Crippen LogP) is 4.59. The molecule has 2 aromatic rings. The van der Waals surface area contributed by atoms with E-state index in [9.17, 15) is 9.59 Å². The van der Waals surface area contributed by atoms with E-state index in [1.54, 1.807) is 12.4 Å². The number of hydrogen-bond acceptors (Lipinski definition) is 4. The number of piperazine rings is 1. The third-order valence-corrected chi connectivity index (χ3v) is 7.80. The molecule has 1 aromatic heterocycles. The third kappa shape index (κ3) is 6.52. The quantitative estimate of drug-likeness (QED) is 0.468. The number of likely N-dealkylation sites (tertiary alicyclic amines) is 1. The van der Waals surface area contributed by atoms with Crippen molar-refractivity contribution in [3.05, 3.63) is 66.0 Å². The summed E-state index contributed by atoms with van der Waals surface area (Å²) in [7, 11) is 0. The van der Waals surface area contributed by atoms with Gasteiger partial charge in [0.25, 0.3) is 0 Å². The van der Waals surface area contributed by atoms with Gasteiger partial charge >= 0.3 is 0 Å². The molecule has 6 heteroatoms. The van der Waals surface area contributed by atoms with Crippen LogP contribution in [0.2, 0.25) is 0 Å². The van der Waals surface area contributed by atoms with Crippen LogP contribution in [0, 0.1) is 5.92 Å². The van der Waals surface area contributed by atoms with Crippen molar-refractivity contribution in [3.63, 3.8) is 0 Å². The Labute approximate surface area is 216 Å². The molecular formula is C30H42N4O2. The zero-order valence-electron chi connectivity index (χ0n) is 22.0. The molecule has 1 aromatic carbocycles. The van der Waals surface area contributed by atoms with E-state index in [2.05, 4.69) is 59.4 Å². The molecule has 2 aliphatic heterocycles. The summed E-state index contributed by atoms with van der Waals surface area (Å²) in [6.45, 7) is 7.39. The van der Waals surface area contributed by atoms with Gasteiger partial charge in [0.15, 0.2) is 0 Å². The number of carbonyl (C=O) groups excluding carboxylic acids is 2. The Morgan fingerprint density at radius 3 is 2.39 bits per heavy atom. The summed E-state index contributed by atoms with van der Waals surface area (Å²) in [5.41, 5.74) is 1.64. The molecule has 0 unspecified atom stereocenters. The maximum absolute atomic E-state index is 13.6. The molecule has 0 radical (unpaired) electrons. The van der Waals surface area contributed by atoms with E-state index in [0.29, 0.717) is 31.7 Å². The predicted molar refractivity (Wildman–Crippen MR) is 143 cm³/mol. The Balaban J connectivity index is 1.31. The van der Waals surface area contributed by atoms with Gasteiger partial charge in [0, 0.05) is 32.0 Å². The van der Waals surface area contributed by atoms with Crippen LogP contribution in [0.15, 0.2) is 54.9 Å². The van der Waals surface area contributed by atoms with Gasteiger partial charge in [-0.05, 0) is 68.2 Å². The lowest BCUT2D eigenvalue weighted by molar-refractivity contribution is -0.162. The minimum atomic E-state index is -0.757. The van der Waals surface area contributed by atoms with Crippen molar-refractivity contribution in [2.24, 2.45) is 5.92 Å². The topological polar surface area (TPSA) is 65.5 Å². The summed E-state index contributed by atoms with van der Waals surface area (Å²) in [5.74, 6) is 0.416. The Morgan fingerprint density at radius 2 is 1.69 bits per heavy atom. The fraction of sp³-hybridized carbons (Fsp3) is 0.567. The molecule has 2 fully saturated rings. The fourth-order valence-electron chi connectivity index (χ4n) is 5.72. The summed E-state index contributed by atoms with van der Waals surface area (Å²) >= 11 is 0. The first kappa shape index (κ1) is 26.3. The van der Waals surface area contributed by atoms with Gasteiger partial charge in [-0.1, -0.05) is 63.1 Å². The largest absolute Gasteiger partial charge is 0.342 e. The van der Waals surface area contributed by atoms with Crippen LogP contribution in [0.25, 0.3) is 0 Å². The van der Waals surface area contributed by atoms with Crippen molar-refractivity contribution in [1.82, 2.24) is 20.1 Å². The average Bonchev–Trinajstić information content (AvgIpc) is 2.89. The van der Waals surface area contributed by atoms with Crippen LogP contribution >= 0.6 is 0 Å². The van der Waals surface area contributed by atoms with Crippen molar-refractivity contribution in [2.75, 3.05) is 19.6 Å². The van der Waals surface area contributed by atoms with Crippen molar-refractivity contribution in [2.45, 2.75) is 83.3 Å². The lowest BCUT2D eigenvalue weighted by atomic mass is 9.80. The van der Waals surface area contributed by atoms with Crippen LogP contribution in [-0.4, -0.2) is 57.8 Å². The summed E-state index contributed by atoms with van der Waals surface area (Å²) in [4.78, 5) is 35.7. The molecule has 4 rings (SSSR count). The standard InChI is InChI=1S/C30H42N4O2/c1-24(2)21-27-28(35)34(23-26-14-10-17-31-22-26)30(29(36)32-27)15-19-33(20-16-30)18-9-4-3-6-11-25-12-7-5-8-13-25/h5,7-8,10,12-14,17,22,24,27H,3-4,6,9,11,15-16,18-21,23H2,1-2H3,(H,32,36)/t27-/m0/s1. The Morgan fingerprint density at radius 1 is 0.972 bits per heavy atom. The van der Waals surface area contributed by atoms with Crippen LogP contribution in [0.4, 0.5) is 0 Å². The maximum Gasteiger partial charge on any atom is 0.246 e. The van der Waals surface area contributed by atoms with Crippen LogP contribution in [0.5, 0.6) is 0 Å². The number of benzene rings is 1. The number of nitrogens with zero attached hydrogens (tertiary/aromatic N) is 3. The number of hydrogen-bond donors (Lipinski definition) is 1. The lowest BCUT2D eigenvalue weighted by Crippen LogP contribution is -2.72. The summed E-state index contributed by atoms with van der Waals surface area (Å²) in [5, 5.41) is 3.10. The first-order valence-corrected chi connectivity index (χ1v) is 13.8. The van der Waals surface area contributed by atoms with E-state index < -0.39 is 11.6 Å². The minimum absolute atomic E-state index is 0.0252. The number of amides is 2. The van der Waals surface area contributed by atoms with Gasteiger partial charge < -0.3 is 15.1 Å². The van der Waals surface area contributed by atoms with Gasteiger partial charge in [-0.2, -0.15) is 0 Å². The van der Waals surface area contributed by atoms with Crippen LogP contribution in [0.3, 0.4) is 0 Å². The second-order valence-corrected chi connectivity index (χ2v) is 11.0. The number of nitrogens with one attached hydrogen (secondary N) is 1. The van der Waals surface area contributed by atoms with E-state index in [4.69, 9.17) is 0 Å². The SMILES string of the molecule is CC(C)C[C@@H]1NC(=O)C2(CCN(CCCCCCc3ccccc3)CC2)N(Cc2cccnc2)C1=O. The lowest BCUT2D eigenvalue weighted by Gasteiger charge is -2.52. The zero-order valence-corrected chi connectivity index (χ0v) is 22.0. The molecule has 2 saturated heterocycles. The monoisotopic (exact) mass is 490 g/mol. The van der Waals surface area contributed by atoms with E-state index in [0.717, 1.165) is 31.6 Å². The van der Waals surface area contributed by atoms with Crippen molar-refractivity contribution >= 4 is 11.8 Å². The smallest absolute Gasteiger partial charge is 0.246 e. The van der Waals surface area contributed by atoms with Crippen molar-refractivity contribution < 1.29 is 9.59 Å². The Bertz CT molecular complexity index is 971. The second kappa shape index (κ2) is 12.5. The van der Waals surface area contributed by atoms with Gasteiger partial charge in [-0.15, -0.1) is 0 Å². The molecule has 0 saturated carbocycles. The van der Waals surface area contributed by atoms with Crippen molar-refractivity contribution in [1.29, 1.82) is 0 Å².